The van der Waals surface area contributed by atoms with Gasteiger partial charge in [0.1, 0.15) is 12.1 Å². The van der Waals surface area contributed by atoms with Crippen LogP contribution in [0.2, 0.25) is 0 Å². The summed E-state index contributed by atoms with van der Waals surface area (Å²) >= 11 is 0. The van der Waals surface area contributed by atoms with Gasteiger partial charge in [0, 0.05) is 13.0 Å². The molecule has 2 N–H and O–H groups in total. The molecule has 1 amide bonds. The van der Waals surface area contributed by atoms with Crippen molar-refractivity contribution >= 4 is 11.9 Å². The highest BCUT2D eigenvalue weighted by atomic mass is 16.5. The number of hydrogen-bond acceptors (Lipinski definition) is 3. The smallest absolute Gasteiger partial charge is 0.326 e. The molecule has 0 saturated carbocycles. The van der Waals surface area contributed by atoms with Crippen LogP contribution in [0.1, 0.15) is 29.5 Å². The Balaban J connectivity index is 2.09. The molecule has 1 aromatic rings. The van der Waals surface area contributed by atoms with Crippen LogP contribution in [0, 0.1) is 13.8 Å². The number of aliphatic carboxylic acids is 1. The number of carbonyl (C=O) groups excluding carboxylic acids is 1. The van der Waals surface area contributed by atoms with E-state index in [0.717, 1.165) is 23.1 Å². The van der Waals surface area contributed by atoms with Crippen molar-refractivity contribution in [1.82, 2.24) is 5.32 Å². The van der Waals surface area contributed by atoms with Crippen LogP contribution in [0.5, 0.6) is 0 Å². The van der Waals surface area contributed by atoms with E-state index in [-0.39, 0.29) is 12.3 Å². The molecule has 2 atom stereocenters. The Labute approximate surface area is 124 Å². The molecule has 2 rings (SSSR count). The van der Waals surface area contributed by atoms with E-state index < -0.39 is 18.1 Å². The first-order valence-electron chi connectivity index (χ1n) is 7.19. The van der Waals surface area contributed by atoms with Gasteiger partial charge in [0.05, 0.1) is 0 Å². The van der Waals surface area contributed by atoms with Gasteiger partial charge in [-0.05, 0) is 43.4 Å². The van der Waals surface area contributed by atoms with Crippen molar-refractivity contribution in [3.63, 3.8) is 0 Å². The zero-order chi connectivity index (χ0) is 15.4. The van der Waals surface area contributed by atoms with Crippen LogP contribution in [0.25, 0.3) is 0 Å². The lowest BCUT2D eigenvalue weighted by Gasteiger charge is -2.19. The number of rotatable bonds is 5. The Morgan fingerprint density at radius 2 is 2.05 bits per heavy atom. The number of amides is 1. The molecule has 21 heavy (non-hydrogen) atoms. The molecule has 1 fully saturated rings. The van der Waals surface area contributed by atoms with Crippen LogP contribution >= 0.6 is 0 Å². The standard InChI is InChI=1S/C16H21NO4/c1-10-5-3-6-11(2)12(10)9-13(16(19)20)17-15(18)14-7-4-8-21-14/h3,5-6,13-14H,4,7-9H2,1-2H3,(H,17,18)(H,19,20)/t13-,14+/m1/s1. The van der Waals surface area contributed by atoms with Gasteiger partial charge in [0.25, 0.3) is 0 Å². The fourth-order valence-corrected chi connectivity index (χ4v) is 2.62. The highest BCUT2D eigenvalue weighted by Crippen LogP contribution is 2.17. The average Bonchev–Trinajstić information content (AvgIpc) is 2.95. The predicted octanol–water partition coefficient (Wildman–Crippen LogP) is 1.59. The van der Waals surface area contributed by atoms with Crippen LogP contribution in [-0.2, 0) is 20.7 Å². The monoisotopic (exact) mass is 291 g/mol. The zero-order valence-corrected chi connectivity index (χ0v) is 12.4. The molecule has 1 aliphatic rings. The molecule has 0 unspecified atom stereocenters. The zero-order valence-electron chi connectivity index (χ0n) is 12.4. The molecule has 5 heteroatoms. The quantitative estimate of drug-likeness (QED) is 0.864. The fraction of sp³-hybridized carbons (Fsp3) is 0.500. The van der Waals surface area contributed by atoms with Crippen molar-refractivity contribution in [3.8, 4) is 0 Å². The van der Waals surface area contributed by atoms with Gasteiger partial charge < -0.3 is 15.2 Å². The summed E-state index contributed by atoms with van der Waals surface area (Å²) in [7, 11) is 0. The van der Waals surface area contributed by atoms with Crippen molar-refractivity contribution in [2.24, 2.45) is 0 Å². The molecular formula is C16H21NO4. The summed E-state index contributed by atoms with van der Waals surface area (Å²) < 4.78 is 5.29. The molecule has 5 nitrogen and oxygen atoms in total. The van der Waals surface area contributed by atoms with E-state index in [9.17, 15) is 14.7 Å². The molecular weight excluding hydrogens is 270 g/mol. The summed E-state index contributed by atoms with van der Waals surface area (Å²) in [5.74, 6) is -1.35. The van der Waals surface area contributed by atoms with Crippen LogP contribution in [0.15, 0.2) is 18.2 Å². The topological polar surface area (TPSA) is 75.6 Å². The summed E-state index contributed by atoms with van der Waals surface area (Å²) in [6.45, 7) is 4.46. The van der Waals surface area contributed by atoms with Gasteiger partial charge in [-0.1, -0.05) is 18.2 Å². The van der Waals surface area contributed by atoms with Crippen LogP contribution < -0.4 is 5.32 Å². The molecule has 1 aliphatic heterocycles. The second-order valence-corrected chi connectivity index (χ2v) is 5.48. The van der Waals surface area contributed by atoms with Crippen molar-refractivity contribution in [2.45, 2.75) is 45.3 Å². The number of nitrogens with one attached hydrogen (secondary N) is 1. The van der Waals surface area contributed by atoms with Gasteiger partial charge in [-0.2, -0.15) is 0 Å². The maximum absolute atomic E-state index is 12.0. The summed E-state index contributed by atoms with van der Waals surface area (Å²) in [6.07, 6.45) is 1.27. The lowest BCUT2D eigenvalue weighted by molar-refractivity contribution is -0.143. The number of carboxylic acids is 1. The van der Waals surface area contributed by atoms with Gasteiger partial charge in [-0.15, -0.1) is 0 Å². The third-order valence-electron chi connectivity index (χ3n) is 3.89. The number of ether oxygens (including phenoxy) is 1. The largest absolute Gasteiger partial charge is 0.480 e. The summed E-state index contributed by atoms with van der Waals surface area (Å²) in [5, 5.41) is 12.0. The van der Waals surface area contributed by atoms with E-state index in [1.165, 1.54) is 0 Å². The van der Waals surface area contributed by atoms with Gasteiger partial charge in [-0.3, -0.25) is 4.79 Å². The summed E-state index contributed by atoms with van der Waals surface area (Å²) in [6, 6.07) is 4.91. The molecule has 0 radical (unpaired) electrons. The maximum atomic E-state index is 12.0. The number of aryl methyl sites for hydroxylation is 2. The lowest BCUT2D eigenvalue weighted by Crippen LogP contribution is -2.46. The predicted molar refractivity (Wildman–Crippen MR) is 78.2 cm³/mol. The fourth-order valence-electron chi connectivity index (χ4n) is 2.62. The Bertz CT molecular complexity index is 515. The summed E-state index contributed by atoms with van der Waals surface area (Å²) in [5.41, 5.74) is 3.04. The second-order valence-electron chi connectivity index (χ2n) is 5.48. The maximum Gasteiger partial charge on any atom is 0.326 e. The molecule has 0 bridgehead atoms. The first-order chi connectivity index (χ1) is 9.99. The van der Waals surface area contributed by atoms with Gasteiger partial charge in [-0.25, -0.2) is 4.79 Å². The van der Waals surface area contributed by atoms with E-state index in [1.807, 2.05) is 32.0 Å². The Kier molecular flexibility index (Phi) is 4.96. The van der Waals surface area contributed by atoms with Crippen molar-refractivity contribution in [1.29, 1.82) is 0 Å². The van der Waals surface area contributed by atoms with Gasteiger partial charge in [0.15, 0.2) is 0 Å². The molecule has 0 spiro atoms. The first kappa shape index (κ1) is 15.5. The minimum Gasteiger partial charge on any atom is -0.480 e. The van der Waals surface area contributed by atoms with E-state index in [0.29, 0.717) is 13.0 Å². The Morgan fingerprint density at radius 3 is 2.57 bits per heavy atom. The van der Waals surface area contributed by atoms with Gasteiger partial charge >= 0.3 is 5.97 Å². The van der Waals surface area contributed by atoms with Crippen molar-refractivity contribution in [2.75, 3.05) is 6.61 Å². The number of carboxylic acid groups (broad SMARTS) is 1. The van der Waals surface area contributed by atoms with Gasteiger partial charge in [0.2, 0.25) is 5.91 Å². The van der Waals surface area contributed by atoms with E-state index in [4.69, 9.17) is 4.74 Å². The molecule has 1 saturated heterocycles. The third-order valence-corrected chi connectivity index (χ3v) is 3.89. The van der Waals surface area contributed by atoms with Crippen LogP contribution in [0.4, 0.5) is 0 Å². The highest BCUT2D eigenvalue weighted by molar-refractivity contribution is 5.86. The van der Waals surface area contributed by atoms with Crippen molar-refractivity contribution in [3.05, 3.63) is 34.9 Å². The Hall–Kier alpha value is -1.88. The SMILES string of the molecule is Cc1cccc(C)c1C[C@@H](NC(=O)[C@@H]1CCCO1)C(=O)O. The van der Waals surface area contributed by atoms with Crippen molar-refractivity contribution < 1.29 is 19.4 Å². The molecule has 0 aromatic heterocycles. The van der Waals surface area contributed by atoms with E-state index in [1.54, 1.807) is 0 Å². The first-order valence-corrected chi connectivity index (χ1v) is 7.19. The molecule has 1 heterocycles. The number of carbonyl (C=O) groups is 2. The molecule has 1 aromatic carbocycles. The Morgan fingerprint density at radius 1 is 1.38 bits per heavy atom. The highest BCUT2D eigenvalue weighted by Gasteiger charge is 2.28. The third kappa shape index (κ3) is 3.82. The second kappa shape index (κ2) is 6.72. The summed E-state index contributed by atoms with van der Waals surface area (Å²) in [4.78, 5) is 23.4. The minimum atomic E-state index is -1.02. The normalized spacial score (nSPS) is 19.2. The minimum absolute atomic E-state index is 0.284. The van der Waals surface area contributed by atoms with Crippen LogP contribution in [0.3, 0.4) is 0 Å². The lowest BCUT2D eigenvalue weighted by atomic mass is 9.96. The van der Waals surface area contributed by atoms with Crippen LogP contribution in [-0.4, -0.2) is 35.7 Å². The molecule has 114 valence electrons. The van der Waals surface area contributed by atoms with E-state index >= 15 is 0 Å². The van der Waals surface area contributed by atoms with E-state index in [2.05, 4.69) is 5.32 Å². The average molecular weight is 291 g/mol. The number of benzene rings is 1. The number of hydrogen-bond donors (Lipinski definition) is 2. The molecule has 0 aliphatic carbocycles.